The largest absolute Gasteiger partial charge is 0.396 e. The second-order valence-electron chi connectivity index (χ2n) is 6.43. The van der Waals surface area contributed by atoms with E-state index >= 15 is 0 Å². The number of aliphatic hydroxyl groups excluding tert-OH is 1. The lowest BCUT2D eigenvalue weighted by Gasteiger charge is -2.30. The molecule has 0 bridgehead atoms. The molecule has 0 aromatic carbocycles. The fraction of sp³-hybridized carbons (Fsp3) is 0.800. The van der Waals surface area contributed by atoms with Gasteiger partial charge in [-0.3, -0.25) is 4.68 Å². The minimum absolute atomic E-state index is 0.00546. The molecular weight excluding hydrogens is 302 g/mol. The molecule has 1 fully saturated rings. The van der Waals surface area contributed by atoms with Crippen molar-refractivity contribution in [2.75, 3.05) is 6.61 Å². The van der Waals surface area contributed by atoms with E-state index < -0.39 is 10.0 Å². The monoisotopic (exact) mass is 329 g/mol. The molecule has 1 heterocycles. The van der Waals surface area contributed by atoms with Crippen LogP contribution >= 0.6 is 0 Å². The van der Waals surface area contributed by atoms with Crippen molar-refractivity contribution in [2.45, 2.75) is 63.8 Å². The maximum absolute atomic E-state index is 12.9. The summed E-state index contributed by atoms with van der Waals surface area (Å²) in [7, 11) is -1.85. The smallest absolute Gasteiger partial charge is 0.244 e. The van der Waals surface area contributed by atoms with E-state index in [-0.39, 0.29) is 18.1 Å². The standard InChI is InChI=1S/C15H27N3O3S/c1-5-11-14(12(6-2)18(4)16-11)22(20,21)17-13-8-7-9-15(13,3)10-19/h13,17,19H,5-10H2,1-4H3/t13-,15-/m0/s1. The number of sulfonamides is 1. The van der Waals surface area contributed by atoms with Crippen LogP contribution in [-0.4, -0.2) is 36.0 Å². The number of nitrogens with zero attached hydrogens (tertiary/aromatic N) is 2. The fourth-order valence-electron chi connectivity index (χ4n) is 3.40. The molecule has 126 valence electrons. The summed E-state index contributed by atoms with van der Waals surface area (Å²) in [6.45, 7) is 5.78. The number of hydrogen-bond donors (Lipinski definition) is 2. The highest BCUT2D eigenvalue weighted by atomic mass is 32.2. The van der Waals surface area contributed by atoms with Gasteiger partial charge in [0, 0.05) is 25.1 Å². The molecule has 1 aromatic heterocycles. The van der Waals surface area contributed by atoms with E-state index in [0.717, 1.165) is 25.0 Å². The summed E-state index contributed by atoms with van der Waals surface area (Å²) in [6.07, 6.45) is 3.72. The van der Waals surface area contributed by atoms with Crippen LogP contribution < -0.4 is 4.72 Å². The maximum Gasteiger partial charge on any atom is 0.244 e. The molecule has 0 radical (unpaired) electrons. The second-order valence-corrected chi connectivity index (χ2v) is 8.08. The summed E-state index contributed by atoms with van der Waals surface area (Å²) in [5, 5.41) is 14.0. The van der Waals surface area contributed by atoms with E-state index in [0.29, 0.717) is 23.4 Å². The highest BCUT2D eigenvalue weighted by Crippen LogP contribution is 2.38. The molecule has 2 atom stereocenters. The van der Waals surface area contributed by atoms with Gasteiger partial charge in [0.15, 0.2) is 0 Å². The molecule has 1 saturated carbocycles. The van der Waals surface area contributed by atoms with E-state index in [2.05, 4.69) is 9.82 Å². The molecule has 2 N–H and O–H groups in total. The number of nitrogens with one attached hydrogen (secondary N) is 1. The molecule has 2 rings (SSSR count). The quantitative estimate of drug-likeness (QED) is 0.826. The van der Waals surface area contributed by atoms with Crippen molar-refractivity contribution >= 4 is 10.0 Å². The van der Waals surface area contributed by atoms with Gasteiger partial charge in [-0.05, 0) is 25.7 Å². The zero-order valence-electron chi connectivity index (χ0n) is 13.9. The van der Waals surface area contributed by atoms with Gasteiger partial charge >= 0.3 is 0 Å². The number of hydrogen-bond acceptors (Lipinski definition) is 4. The summed E-state index contributed by atoms with van der Waals surface area (Å²) >= 11 is 0. The van der Waals surface area contributed by atoms with Crippen LogP contribution in [0.15, 0.2) is 4.90 Å². The van der Waals surface area contributed by atoms with Gasteiger partial charge in [0.1, 0.15) is 4.90 Å². The van der Waals surface area contributed by atoms with Crippen LogP contribution in [0.4, 0.5) is 0 Å². The average Bonchev–Trinajstić information content (AvgIpc) is 2.99. The van der Waals surface area contributed by atoms with Gasteiger partial charge in [0.25, 0.3) is 0 Å². The van der Waals surface area contributed by atoms with Crippen molar-refractivity contribution in [3.63, 3.8) is 0 Å². The van der Waals surface area contributed by atoms with Crippen molar-refractivity contribution in [3.8, 4) is 0 Å². The molecule has 1 aromatic rings. The summed E-state index contributed by atoms with van der Waals surface area (Å²) in [6, 6.07) is -0.225. The Morgan fingerprint density at radius 1 is 1.41 bits per heavy atom. The molecule has 7 heteroatoms. The number of aliphatic hydroxyl groups is 1. The number of aromatic nitrogens is 2. The van der Waals surface area contributed by atoms with Crippen molar-refractivity contribution in [1.82, 2.24) is 14.5 Å². The van der Waals surface area contributed by atoms with Crippen LogP contribution in [0.25, 0.3) is 0 Å². The summed E-state index contributed by atoms with van der Waals surface area (Å²) in [5.74, 6) is 0. The Balaban J connectivity index is 2.39. The molecular formula is C15H27N3O3S. The predicted octanol–water partition coefficient (Wildman–Crippen LogP) is 1.37. The van der Waals surface area contributed by atoms with Crippen molar-refractivity contribution in [2.24, 2.45) is 12.5 Å². The van der Waals surface area contributed by atoms with E-state index in [1.165, 1.54) is 0 Å². The summed E-state index contributed by atoms with van der Waals surface area (Å²) < 4.78 is 30.3. The predicted molar refractivity (Wildman–Crippen MR) is 85.1 cm³/mol. The van der Waals surface area contributed by atoms with Crippen LogP contribution in [0, 0.1) is 5.41 Å². The lowest BCUT2D eigenvalue weighted by molar-refractivity contribution is 0.127. The third-order valence-corrected chi connectivity index (χ3v) is 6.47. The second kappa shape index (κ2) is 6.29. The van der Waals surface area contributed by atoms with Crippen molar-refractivity contribution in [1.29, 1.82) is 0 Å². The first kappa shape index (κ1) is 17.4. The van der Waals surface area contributed by atoms with Crippen molar-refractivity contribution < 1.29 is 13.5 Å². The maximum atomic E-state index is 12.9. The molecule has 0 aliphatic heterocycles. The molecule has 22 heavy (non-hydrogen) atoms. The lowest BCUT2D eigenvalue weighted by atomic mass is 9.86. The minimum atomic E-state index is -3.63. The molecule has 6 nitrogen and oxygen atoms in total. The Morgan fingerprint density at radius 2 is 2.09 bits per heavy atom. The third kappa shape index (κ3) is 2.94. The Labute approximate surface area is 133 Å². The number of rotatable bonds is 6. The molecule has 0 unspecified atom stereocenters. The zero-order chi connectivity index (χ0) is 16.5. The fourth-order valence-corrected chi connectivity index (χ4v) is 5.38. The average molecular weight is 329 g/mol. The Kier molecular flexibility index (Phi) is 4.99. The van der Waals surface area contributed by atoms with Crippen LogP contribution in [-0.2, 0) is 29.9 Å². The molecule has 1 aliphatic rings. The van der Waals surface area contributed by atoms with Crippen molar-refractivity contribution in [3.05, 3.63) is 11.4 Å². The number of aryl methyl sites for hydroxylation is 2. The van der Waals surface area contributed by atoms with Gasteiger partial charge in [0.2, 0.25) is 10.0 Å². The van der Waals surface area contributed by atoms with Gasteiger partial charge in [-0.15, -0.1) is 0 Å². The SMILES string of the molecule is CCc1nn(C)c(CC)c1S(=O)(=O)N[C@H]1CCC[C@@]1(C)CO. The minimum Gasteiger partial charge on any atom is -0.396 e. The van der Waals surface area contributed by atoms with Gasteiger partial charge in [-0.2, -0.15) is 5.10 Å². The topological polar surface area (TPSA) is 84.2 Å². The van der Waals surface area contributed by atoms with E-state index in [1.807, 2.05) is 20.8 Å². The Bertz CT molecular complexity index is 639. The van der Waals surface area contributed by atoms with Crippen LogP contribution in [0.1, 0.15) is 51.4 Å². The first-order valence-corrected chi connectivity index (χ1v) is 9.45. The lowest BCUT2D eigenvalue weighted by Crippen LogP contribution is -2.45. The zero-order valence-corrected chi connectivity index (χ0v) is 14.7. The van der Waals surface area contributed by atoms with Crippen LogP contribution in [0.2, 0.25) is 0 Å². The summed E-state index contributed by atoms with van der Waals surface area (Å²) in [5.41, 5.74) is 0.956. The first-order chi connectivity index (χ1) is 10.3. The van der Waals surface area contributed by atoms with Gasteiger partial charge in [-0.1, -0.05) is 27.2 Å². The van der Waals surface area contributed by atoms with E-state index in [1.54, 1.807) is 11.7 Å². The molecule has 0 amide bonds. The molecule has 1 aliphatic carbocycles. The van der Waals surface area contributed by atoms with Gasteiger partial charge in [0.05, 0.1) is 11.4 Å². The van der Waals surface area contributed by atoms with E-state index in [9.17, 15) is 13.5 Å². The van der Waals surface area contributed by atoms with Crippen LogP contribution in [0.5, 0.6) is 0 Å². The Morgan fingerprint density at radius 3 is 2.64 bits per heavy atom. The van der Waals surface area contributed by atoms with Gasteiger partial charge in [-0.25, -0.2) is 13.1 Å². The molecule has 0 saturated heterocycles. The first-order valence-electron chi connectivity index (χ1n) is 7.97. The molecule has 0 spiro atoms. The highest BCUT2D eigenvalue weighted by molar-refractivity contribution is 7.89. The third-order valence-electron chi connectivity index (χ3n) is 4.86. The highest BCUT2D eigenvalue weighted by Gasteiger charge is 2.41. The Hall–Kier alpha value is -0.920. The summed E-state index contributed by atoms with van der Waals surface area (Å²) in [4.78, 5) is 0.326. The van der Waals surface area contributed by atoms with Crippen LogP contribution in [0.3, 0.4) is 0 Å². The van der Waals surface area contributed by atoms with Gasteiger partial charge < -0.3 is 5.11 Å². The van der Waals surface area contributed by atoms with E-state index in [4.69, 9.17) is 0 Å². The normalized spacial score (nSPS) is 25.8.